The molecule has 0 saturated carbocycles. The van der Waals surface area contributed by atoms with Crippen LogP contribution in [0, 0.1) is 0 Å². The van der Waals surface area contributed by atoms with Gasteiger partial charge in [0, 0.05) is 23.3 Å². The molecule has 0 atom stereocenters. The number of ether oxygens (including phenoxy) is 1. The Balaban J connectivity index is 2.34. The number of benzene rings is 1. The van der Waals surface area contributed by atoms with E-state index in [2.05, 4.69) is 25.9 Å². The molecule has 2 aromatic rings. The van der Waals surface area contributed by atoms with E-state index in [1.165, 1.54) is 0 Å². The summed E-state index contributed by atoms with van der Waals surface area (Å²) in [5.74, 6) is 1.52. The van der Waals surface area contributed by atoms with E-state index < -0.39 is 0 Å². The SMILES string of the molecule is COc1cccc(-c2ncc(CBr)cn2)c1. The highest BCUT2D eigenvalue weighted by atomic mass is 79.9. The second-order valence-electron chi connectivity index (χ2n) is 3.28. The van der Waals surface area contributed by atoms with E-state index in [1.54, 1.807) is 7.11 Å². The summed E-state index contributed by atoms with van der Waals surface area (Å²) < 4.78 is 5.16. The molecule has 1 aromatic heterocycles. The van der Waals surface area contributed by atoms with Gasteiger partial charge >= 0.3 is 0 Å². The number of hydrogen-bond acceptors (Lipinski definition) is 3. The van der Waals surface area contributed by atoms with Crippen molar-refractivity contribution in [2.75, 3.05) is 7.11 Å². The number of nitrogens with zero attached hydrogens (tertiary/aromatic N) is 2. The molecule has 3 nitrogen and oxygen atoms in total. The summed E-state index contributed by atoms with van der Waals surface area (Å²) in [5.41, 5.74) is 2.02. The quantitative estimate of drug-likeness (QED) is 0.810. The number of methoxy groups -OCH3 is 1. The molecule has 0 amide bonds. The van der Waals surface area contributed by atoms with Gasteiger partial charge in [-0.25, -0.2) is 9.97 Å². The van der Waals surface area contributed by atoms with Crippen LogP contribution in [0.1, 0.15) is 5.56 Å². The summed E-state index contributed by atoms with van der Waals surface area (Å²) in [4.78, 5) is 8.60. The topological polar surface area (TPSA) is 35.0 Å². The second kappa shape index (κ2) is 5.07. The maximum absolute atomic E-state index is 5.16. The van der Waals surface area contributed by atoms with Crippen LogP contribution in [0.15, 0.2) is 36.7 Å². The van der Waals surface area contributed by atoms with Crippen LogP contribution in [-0.2, 0) is 5.33 Å². The van der Waals surface area contributed by atoms with Gasteiger partial charge in [0.2, 0.25) is 0 Å². The maximum atomic E-state index is 5.16. The zero-order valence-electron chi connectivity index (χ0n) is 8.85. The summed E-state index contributed by atoms with van der Waals surface area (Å²) in [6.45, 7) is 0. The Morgan fingerprint density at radius 2 is 2.00 bits per heavy atom. The third-order valence-electron chi connectivity index (χ3n) is 2.19. The lowest BCUT2D eigenvalue weighted by molar-refractivity contribution is 0.415. The van der Waals surface area contributed by atoms with Gasteiger partial charge in [-0.15, -0.1) is 0 Å². The van der Waals surface area contributed by atoms with Gasteiger partial charge < -0.3 is 4.74 Å². The highest BCUT2D eigenvalue weighted by Gasteiger charge is 2.02. The molecule has 4 heteroatoms. The predicted octanol–water partition coefficient (Wildman–Crippen LogP) is 3.05. The lowest BCUT2D eigenvalue weighted by Crippen LogP contribution is -1.91. The summed E-state index contributed by atoms with van der Waals surface area (Å²) >= 11 is 3.36. The van der Waals surface area contributed by atoms with Crippen molar-refractivity contribution in [2.24, 2.45) is 0 Å². The number of hydrogen-bond donors (Lipinski definition) is 0. The van der Waals surface area contributed by atoms with E-state index in [-0.39, 0.29) is 0 Å². The van der Waals surface area contributed by atoms with E-state index >= 15 is 0 Å². The van der Waals surface area contributed by atoms with Gasteiger partial charge in [-0.3, -0.25) is 0 Å². The van der Waals surface area contributed by atoms with Crippen molar-refractivity contribution in [3.63, 3.8) is 0 Å². The van der Waals surface area contributed by atoms with E-state index in [0.29, 0.717) is 5.82 Å². The molecule has 0 bridgehead atoms. The van der Waals surface area contributed by atoms with E-state index in [4.69, 9.17) is 4.74 Å². The Kier molecular flexibility index (Phi) is 3.51. The van der Waals surface area contributed by atoms with Gasteiger partial charge in [-0.1, -0.05) is 28.1 Å². The molecule has 0 unspecified atom stereocenters. The standard InChI is InChI=1S/C12H11BrN2O/c1-16-11-4-2-3-10(5-11)12-14-7-9(6-13)8-15-12/h2-5,7-8H,6H2,1H3. The van der Waals surface area contributed by atoms with Crippen LogP contribution in [-0.4, -0.2) is 17.1 Å². The van der Waals surface area contributed by atoms with Gasteiger partial charge in [0.05, 0.1) is 7.11 Å². The molecular weight excluding hydrogens is 268 g/mol. The highest BCUT2D eigenvalue weighted by Crippen LogP contribution is 2.20. The minimum Gasteiger partial charge on any atom is -0.497 e. The monoisotopic (exact) mass is 278 g/mol. The fourth-order valence-electron chi connectivity index (χ4n) is 1.34. The zero-order chi connectivity index (χ0) is 11.4. The summed E-state index contributed by atoms with van der Waals surface area (Å²) in [7, 11) is 1.65. The molecule has 82 valence electrons. The number of aromatic nitrogens is 2. The Labute approximate surface area is 103 Å². The fraction of sp³-hybridized carbons (Fsp3) is 0.167. The van der Waals surface area contributed by atoms with Gasteiger partial charge in [-0.2, -0.15) is 0 Å². The van der Waals surface area contributed by atoms with Crippen molar-refractivity contribution in [1.82, 2.24) is 9.97 Å². The average molecular weight is 279 g/mol. The van der Waals surface area contributed by atoms with Crippen LogP contribution in [0.2, 0.25) is 0 Å². The molecule has 0 radical (unpaired) electrons. The Hall–Kier alpha value is -1.42. The van der Waals surface area contributed by atoms with E-state index in [9.17, 15) is 0 Å². The van der Waals surface area contributed by atoms with Crippen LogP contribution in [0.25, 0.3) is 11.4 Å². The molecule has 0 spiro atoms. The highest BCUT2D eigenvalue weighted by molar-refractivity contribution is 9.08. The summed E-state index contributed by atoms with van der Waals surface area (Å²) in [5, 5.41) is 0.769. The van der Waals surface area contributed by atoms with Gasteiger partial charge in [0.15, 0.2) is 5.82 Å². The first-order valence-electron chi connectivity index (χ1n) is 4.85. The number of halogens is 1. The van der Waals surface area contributed by atoms with Crippen molar-refractivity contribution in [3.8, 4) is 17.1 Å². The molecule has 0 aliphatic heterocycles. The fourth-order valence-corrected chi connectivity index (χ4v) is 1.62. The minimum absolute atomic E-state index is 0.712. The number of alkyl halides is 1. The molecule has 16 heavy (non-hydrogen) atoms. The molecular formula is C12H11BrN2O. The predicted molar refractivity (Wildman–Crippen MR) is 66.7 cm³/mol. The van der Waals surface area contributed by atoms with Crippen LogP contribution in [0.4, 0.5) is 0 Å². The minimum atomic E-state index is 0.712. The molecule has 1 aromatic carbocycles. The molecule has 0 aliphatic rings. The third-order valence-corrected chi connectivity index (χ3v) is 2.84. The van der Waals surface area contributed by atoms with Crippen molar-refractivity contribution in [1.29, 1.82) is 0 Å². The van der Waals surface area contributed by atoms with E-state index in [0.717, 1.165) is 22.2 Å². The first-order valence-corrected chi connectivity index (χ1v) is 5.97. The lowest BCUT2D eigenvalue weighted by Gasteiger charge is -2.03. The second-order valence-corrected chi connectivity index (χ2v) is 3.84. The third kappa shape index (κ3) is 2.39. The summed E-state index contributed by atoms with van der Waals surface area (Å²) in [6, 6.07) is 7.71. The van der Waals surface area contributed by atoms with Crippen LogP contribution < -0.4 is 4.74 Å². The lowest BCUT2D eigenvalue weighted by atomic mass is 10.2. The van der Waals surface area contributed by atoms with Crippen molar-refractivity contribution in [2.45, 2.75) is 5.33 Å². The largest absolute Gasteiger partial charge is 0.497 e. The summed E-state index contributed by atoms with van der Waals surface area (Å²) in [6.07, 6.45) is 3.63. The molecule has 0 fully saturated rings. The Bertz CT molecular complexity index is 471. The molecule has 0 saturated heterocycles. The van der Waals surface area contributed by atoms with Gasteiger partial charge in [0.25, 0.3) is 0 Å². The molecule has 2 rings (SSSR count). The smallest absolute Gasteiger partial charge is 0.159 e. The molecule has 1 heterocycles. The van der Waals surface area contributed by atoms with Crippen LogP contribution in [0.3, 0.4) is 0 Å². The normalized spacial score (nSPS) is 10.1. The average Bonchev–Trinajstić information content (AvgIpc) is 2.39. The van der Waals surface area contributed by atoms with Gasteiger partial charge in [0.1, 0.15) is 5.75 Å². The van der Waals surface area contributed by atoms with Crippen LogP contribution >= 0.6 is 15.9 Å². The number of rotatable bonds is 3. The Morgan fingerprint density at radius 1 is 1.25 bits per heavy atom. The first kappa shape index (κ1) is 11.1. The van der Waals surface area contributed by atoms with Crippen LogP contribution in [0.5, 0.6) is 5.75 Å². The van der Waals surface area contributed by atoms with Crippen molar-refractivity contribution in [3.05, 3.63) is 42.2 Å². The Morgan fingerprint density at radius 3 is 2.62 bits per heavy atom. The van der Waals surface area contributed by atoms with Gasteiger partial charge in [-0.05, 0) is 17.7 Å². The molecule has 0 aliphatic carbocycles. The van der Waals surface area contributed by atoms with E-state index in [1.807, 2.05) is 36.7 Å². The first-order chi connectivity index (χ1) is 7.83. The molecule has 0 N–H and O–H groups in total. The maximum Gasteiger partial charge on any atom is 0.159 e. The van der Waals surface area contributed by atoms with Crippen molar-refractivity contribution >= 4 is 15.9 Å². The zero-order valence-corrected chi connectivity index (χ0v) is 10.4. The van der Waals surface area contributed by atoms with Crippen molar-refractivity contribution < 1.29 is 4.74 Å².